The molecular formula is C9H10N2O3S. The van der Waals surface area contributed by atoms with Crippen molar-refractivity contribution in [2.45, 2.75) is 17.7 Å². The second-order valence-corrected chi connectivity index (χ2v) is 4.27. The van der Waals surface area contributed by atoms with E-state index in [1.165, 1.54) is 18.0 Å². The fourth-order valence-corrected chi connectivity index (χ4v) is 2.14. The molecule has 0 bridgehead atoms. The van der Waals surface area contributed by atoms with Gasteiger partial charge in [0, 0.05) is 11.1 Å². The Balaban J connectivity index is 2.20. The lowest BCUT2D eigenvalue weighted by atomic mass is 10.3. The summed E-state index contributed by atoms with van der Waals surface area (Å²) >= 11 is 1.32. The summed E-state index contributed by atoms with van der Waals surface area (Å²) in [6.45, 7) is 0.728. The fourth-order valence-electron chi connectivity index (χ4n) is 1.23. The predicted molar refractivity (Wildman–Crippen MR) is 56.8 cm³/mol. The summed E-state index contributed by atoms with van der Waals surface area (Å²) in [5.74, 6) is 0. The van der Waals surface area contributed by atoms with Crippen LogP contribution < -0.4 is 11.2 Å². The second-order valence-electron chi connectivity index (χ2n) is 3.10. The van der Waals surface area contributed by atoms with Crippen LogP contribution in [0.15, 0.2) is 31.8 Å². The van der Waals surface area contributed by atoms with E-state index in [4.69, 9.17) is 4.74 Å². The first kappa shape index (κ1) is 10.1. The zero-order chi connectivity index (χ0) is 10.7. The van der Waals surface area contributed by atoms with Crippen molar-refractivity contribution in [2.24, 2.45) is 0 Å². The highest BCUT2D eigenvalue weighted by atomic mass is 32.2. The lowest BCUT2D eigenvalue weighted by Crippen LogP contribution is -2.22. The van der Waals surface area contributed by atoms with Crippen LogP contribution in [0.4, 0.5) is 0 Å². The number of hydrogen-bond acceptors (Lipinski definition) is 4. The highest BCUT2D eigenvalue weighted by Gasteiger charge is 2.08. The topological polar surface area (TPSA) is 75.0 Å². The first-order valence-corrected chi connectivity index (χ1v) is 5.38. The molecule has 0 saturated heterocycles. The molecule has 1 aromatic heterocycles. The first-order chi connectivity index (χ1) is 7.25. The fraction of sp³-hybridized carbons (Fsp3) is 0.333. The molecule has 0 atom stereocenters. The Morgan fingerprint density at radius 3 is 2.93 bits per heavy atom. The minimum atomic E-state index is -0.488. The maximum Gasteiger partial charge on any atom is 0.325 e. The van der Waals surface area contributed by atoms with E-state index in [0.29, 0.717) is 4.90 Å². The summed E-state index contributed by atoms with van der Waals surface area (Å²) in [5, 5.41) is 0. The summed E-state index contributed by atoms with van der Waals surface area (Å²) in [5.41, 5.74) is -0.853. The van der Waals surface area contributed by atoms with Crippen molar-refractivity contribution in [3.05, 3.63) is 38.2 Å². The van der Waals surface area contributed by atoms with E-state index in [2.05, 4.69) is 9.97 Å². The van der Waals surface area contributed by atoms with E-state index in [1.807, 2.05) is 0 Å². The van der Waals surface area contributed by atoms with Crippen molar-refractivity contribution in [1.82, 2.24) is 9.97 Å². The Morgan fingerprint density at radius 2 is 2.27 bits per heavy atom. The van der Waals surface area contributed by atoms with Crippen LogP contribution in [-0.4, -0.2) is 16.6 Å². The van der Waals surface area contributed by atoms with Crippen LogP contribution in [0.3, 0.4) is 0 Å². The Morgan fingerprint density at radius 1 is 1.40 bits per heavy atom. The molecule has 0 aliphatic carbocycles. The highest BCUT2D eigenvalue weighted by Crippen LogP contribution is 2.28. The van der Waals surface area contributed by atoms with Gasteiger partial charge in [0.2, 0.25) is 0 Å². The number of aromatic amines is 2. The van der Waals surface area contributed by atoms with Gasteiger partial charge >= 0.3 is 5.69 Å². The second kappa shape index (κ2) is 4.39. The average Bonchev–Trinajstić information content (AvgIpc) is 2.24. The van der Waals surface area contributed by atoms with Crippen LogP contribution >= 0.6 is 11.8 Å². The van der Waals surface area contributed by atoms with Crippen molar-refractivity contribution >= 4 is 11.8 Å². The molecule has 6 heteroatoms. The summed E-state index contributed by atoms with van der Waals surface area (Å²) in [6.07, 6.45) is 4.95. The molecular weight excluding hydrogens is 216 g/mol. The molecule has 0 fully saturated rings. The number of rotatable bonds is 2. The van der Waals surface area contributed by atoms with E-state index in [0.717, 1.165) is 24.4 Å². The molecule has 2 N–H and O–H groups in total. The molecule has 15 heavy (non-hydrogen) atoms. The molecule has 0 aromatic carbocycles. The normalized spacial score (nSPS) is 15.6. The third kappa shape index (κ3) is 2.53. The number of aromatic nitrogens is 2. The number of hydrogen-bond donors (Lipinski definition) is 2. The lowest BCUT2D eigenvalue weighted by Gasteiger charge is -2.12. The monoisotopic (exact) mass is 226 g/mol. The van der Waals surface area contributed by atoms with Gasteiger partial charge in [0.05, 0.1) is 17.8 Å². The third-order valence-electron chi connectivity index (χ3n) is 1.93. The summed E-state index contributed by atoms with van der Waals surface area (Å²) < 4.78 is 5.15. The quantitative estimate of drug-likeness (QED) is 0.782. The van der Waals surface area contributed by atoms with Crippen LogP contribution in [0.5, 0.6) is 0 Å². The zero-order valence-electron chi connectivity index (χ0n) is 7.91. The minimum absolute atomic E-state index is 0.366. The molecule has 0 unspecified atom stereocenters. The first-order valence-electron chi connectivity index (χ1n) is 4.56. The highest BCUT2D eigenvalue weighted by molar-refractivity contribution is 8.03. The maximum absolute atomic E-state index is 11.3. The van der Waals surface area contributed by atoms with Gasteiger partial charge in [-0.15, -0.1) is 0 Å². The largest absolute Gasteiger partial charge is 0.500 e. The van der Waals surface area contributed by atoms with Crippen molar-refractivity contribution in [1.29, 1.82) is 0 Å². The predicted octanol–water partition coefficient (Wildman–Crippen LogP) is 0.807. The van der Waals surface area contributed by atoms with E-state index in [1.54, 1.807) is 6.26 Å². The van der Waals surface area contributed by atoms with Gasteiger partial charge in [0.1, 0.15) is 0 Å². The van der Waals surface area contributed by atoms with Gasteiger partial charge in [-0.05, 0) is 12.8 Å². The van der Waals surface area contributed by atoms with Gasteiger partial charge < -0.3 is 9.72 Å². The summed E-state index contributed by atoms with van der Waals surface area (Å²) in [7, 11) is 0. The number of thioether (sulfide) groups is 1. The lowest BCUT2D eigenvalue weighted by molar-refractivity contribution is 0.229. The summed E-state index contributed by atoms with van der Waals surface area (Å²) in [6, 6.07) is 0. The number of allylic oxidation sites excluding steroid dienone is 1. The number of H-pyrrole nitrogens is 2. The Kier molecular flexibility index (Phi) is 2.96. The summed E-state index contributed by atoms with van der Waals surface area (Å²) in [4.78, 5) is 28.2. The molecule has 0 radical (unpaired) electrons. The van der Waals surface area contributed by atoms with Gasteiger partial charge in [-0.3, -0.25) is 9.78 Å². The van der Waals surface area contributed by atoms with Gasteiger partial charge in [0.25, 0.3) is 5.56 Å². The zero-order valence-corrected chi connectivity index (χ0v) is 8.73. The van der Waals surface area contributed by atoms with E-state index in [-0.39, 0.29) is 5.56 Å². The molecule has 80 valence electrons. The van der Waals surface area contributed by atoms with Gasteiger partial charge in [0.15, 0.2) is 0 Å². The Hall–Kier alpha value is -1.43. The van der Waals surface area contributed by atoms with Crippen molar-refractivity contribution in [2.75, 3.05) is 6.61 Å². The maximum atomic E-state index is 11.3. The molecule has 5 nitrogen and oxygen atoms in total. The average molecular weight is 226 g/mol. The Bertz CT molecular complexity index is 489. The molecule has 0 spiro atoms. The molecule has 2 heterocycles. The van der Waals surface area contributed by atoms with E-state index >= 15 is 0 Å². The molecule has 1 aromatic rings. The number of nitrogens with one attached hydrogen (secondary N) is 2. The minimum Gasteiger partial charge on any atom is -0.500 e. The SMILES string of the molecule is O=c1[nH]cc(SC2=COCCC2)c(=O)[nH]1. The van der Waals surface area contributed by atoms with E-state index in [9.17, 15) is 9.59 Å². The molecule has 0 amide bonds. The van der Waals surface area contributed by atoms with E-state index < -0.39 is 5.69 Å². The molecule has 1 aliphatic rings. The molecule has 1 aliphatic heterocycles. The van der Waals surface area contributed by atoms with Crippen LogP contribution in [0.1, 0.15) is 12.8 Å². The van der Waals surface area contributed by atoms with Crippen LogP contribution in [-0.2, 0) is 4.74 Å². The Labute approximate surface area is 89.6 Å². The standard InChI is InChI=1S/C9H10N2O3S/c12-8-7(4-10-9(13)11-8)15-6-2-1-3-14-5-6/h4-5H,1-3H2,(H2,10,11,12,13). The molecule has 2 rings (SSSR count). The van der Waals surface area contributed by atoms with Crippen molar-refractivity contribution in [3.63, 3.8) is 0 Å². The van der Waals surface area contributed by atoms with Gasteiger partial charge in [-0.25, -0.2) is 4.79 Å². The third-order valence-corrected chi connectivity index (χ3v) is 3.01. The van der Waals surface area contributed by atoms with Gasteiger partial charge in [-0.1, -0.05) is 11.8 Å². The van der Waals surface area contributed by atoms with Crippen molar-refractivity contribution < 1.29 is 4.74 Å². The van der Waals surface area contributed by atoms with Crippen molar-refractivity contribution in [3.8, 4) is 0 Å². The van der Waals surface area contributed by atoms with Gasteiger partial charge in [-0.2, -0.15) is 0 Å². The van der Waals surface area contributed by atoms with Crippen LogP contribution in [0.25, 0.3) is 0 Å². The smallest absolute Gasteiger partial charge is 0.325 e. The van der Waals surface area contributed by atoms with Crippen LogP contribution in [0.2, 0.25) is 0 Å². The molecule has 0 saturated carbocycles. The van der Waals surface area contributed by atoms with Crippen LogP contribution in [0, 0.1) is 0 Å². The number of ether oxygens (including phenoxy) is 1.